The second-order valence-corrected chi connectivity index (χ2v) is 22.0. The standard InChI is InChI=1S/C77H124O6/c1-4-7-10-13-16-19-22-25-28-31-33-35-36-37-38-39-40-42-43-46-49-52-55-58-61-64-67-70-76(79)82-73-74(72-81-75(78)69-66-63-60-57-54-51-48-45-30-27-24-21-18-15-12-9-6-3)83-77(80)71-68-65-62-59-56-53-50-47-44-41-34-32-29-26-23-20-17-14-11-8-5-2/h7,9-10,12,16,18-19,21,25,27-28,30,32-35,37-38,40,42,46,48-49,51,55,58,74H,4-6,8,11,13-15,17,20,22-24,26,29,31,36,39,41,43-45,47,50,52-54,56-57,59-73H2,1-3H3/b10-7-,12-9-,19-16-,21-18-,28-25-,30-27-,34-32-,35-33-,38-37-,42-40-,49-46-,51-48-,58-55-. The summed E-state index contributed by atoms with van der Waals surface area (Å²) in [4.78, 5) is 38.4. The van der Waals surface area contributed by atoms with Crippen molar-refractivity contribution in [3.63, 3.8) is 0 Å². The molecule has 0 saturated heterocycles. The number of carbonyl (C=O) groups excluding carboxylic acids is 3. The molecule has 468 valence electrons. The number of hydrogen-bond acceptors (Lipinski definition) is 6. The maximum atomic E-state index is 13.0. The van der Waals surface area contributed by atoms with E-state index in [2.05, 4.69) is 179 Å². The van der Waals surface area contributed by atoms with Crippen LogP contribution in [0.1, 0.15) is 290 Å². The van der Waals surface area contributed by atoms with Crippen LogP contribution in [0.15, 0.2) is 158 Å². The second kappa shape index (κ2) is 69.5. The molecular formula is C77H124O6. The molecule has 0 aromatic heterocycles. The molecule has 0 heterocycles. The van der Waals surface area contributed by atoms with Gasteiger partial charge in [0.25, 0.3) is 0 Å². The van der Waals surface area contributed by atoms with Crippen LogP contribution in [-0.2, 0) is 28.6 Å². The number of hydrogen-bond donors (Lipinski definition) is 0. The molecule has 1 unspecified atom stereocenters. The van der Waals surface area contributed by atoms with E-state index in [4.69, 9.17) is 14.2 Å². The first-order chi connectivity index (χ1) is 41.0. The smallest absolute Gasteiger partial charge is 0.306 e. The van der Waals surface area contributed by atoms with Crippen molar-refractivity contribution in [3.05, 3.63) is 158 Å². The quantitative estimate of drug-likeness (QED) is 0.0261. The molecule has 0 fully saturated rings. The molecular weight excluding hydrogens is 1020 g/mol. The fraction of sp³-hybridized carbons (Fsp3) is 0.623. The Kier molecular flexibility index (Phi) is 65.4. The fourth-order valence-corrected chi connectivity index (χ4v) is 8.97. The van der Waals surface area contributed by atoms with Crippen LogP contribution in [0.3, 0.4) is 0 Å². The number of carbonyl (C=O) groups is 3. The van der Waals surface area contributed by atoms with Gasteiger partial charge in [0.1, 0.15) is 13.2 Å². The summed E-state index contributed by atoms with van der Waals surface area (Å²) >= 11 is 0. The van der Waals surface area contributed by atoms with Gasteiger partial charge in [-0.05, 0) is 148 Å². The molecule has 0 aliphatic heterocycles. The second-order valence-electron chi connectivity index (χ2n) is 22.0. The van der Waals surface area contributed by atoms with Crippen molar-refractivity contribution >= 4 is 17.9 Å². The average molecular weight is 1150 g/mol. The lowest BCUT2D eigenvalue weighted by Crippen LogP contribution is -2.30. The highest BCUT2D eigenvalue weighted by atomic mass is 16.6. The van der Waals surface area contributed by atoms with Crippen LogP contribution in [0, 0.1) is 0 Å². The van der Waals surface area contributed by atoms with Gasteiger partial charge in [-0.15, -0.1) is 0 Å². The summed E-state index contributed by atoms with van der Waals surface area (Å²) in [5, 5.41) is 0. The highest BCUT2D eigenvalue weighted by molar-refractivity contribution is 5.71. The average Bonchev–Trinajstić information content (AvgIpc) is 3.49. The molecule has 0 radical (unpaired) electrons. The molecule has 83 heavy (non-hydrogen) atoms. The zero-order valence-corrected chi connectivity index (χ0v) is 53.7. The van der Waals surface area contributed by atoms with Gasteiger partial charge in [-0.25, -0.2) is 0 Å². The monoisotopic (exact) mass is 1140 g/mol. The molecule has 0 N–H and O–H groups in total. The molecule has 0 aliphatic rings. The normalized spacial score (nSPS) is 13.1. The number of rotatable bonds is 60. The summed E-state index contributed by atoms with van der Waals surface area (Å²) in [5.41, 5.74) is 0. The number of esters is 3. The van der Waals surface area contributed by atoms with Crippen molar-refractivity contribution in [2.45, 2.75) is 297 Å². The molecule has 0 saturated carbocycles. The van der Waals surface area contributed by atoms with Crippen molar-refractivity contribution in [3.8, 4) is 0 Å². The number of unbranched alkanes of at least 4 members (excludes halogenated alkanes) is 23. The van der Waals surface area contributed by atoms with Crippen LogP contribution < -0.4 is 0 Å². The first-order valence-corrected chi connectivity index (χ1v) is 34.0. The van der Waals surface area contributed by atoms with Gasteiger partial charge in [-0.3, -0.25) is 14.4 Å². The Morgan fingerprint density at radius 1 is 0.253 bits per heavy atom. The van der Waals surface area contributed by atoms with Crippen molar-refractivity contribution in [2.75, 3.05) is 13.2 Å². The predicted octanol–water partition coefficient (Wildman–Crippen LogP) is 23.7. The fourth-order valence-electron chi connectivity index (χ4n) is 8.97. The Morgan fingerprint density at radius 2 is 0.470 bits per heavy atom. The third-order valence-corrected chi connectivity index (χ3v) is 14.0. The van der Waals surface area contributed by atoms with E-state index in [1.54, 1.807) is 0 Å². The van der Waals surface area contributed by atoms with Crippen molar-refractivity contribution < 1.29 is 28.6 Å². The van der Waals surface area contributed by atoms with Crippen LogP contribution in [0.5, 0.6) is 0 Å². The van der Waals surface area contributed by atoms with E-state index in [0.717, 1.165) is 141 Å². The van der Waals surface area contributed by atoms with Gasteiger partial charge in [0.2, 0.25) is 0 Å². The molecule has 0 aliphatic carbocycles. The summed E-state index contributed by atoms with van der Waals surface area (Å²) in [6.45, 7) is 6.37. The van der Waals surface area contributed by atoms with Gasteiger partial charge in [0, 0.05) is 19.3 Å². The molecule has 0 amide bonds. The van der Waals surface area contributed by atoms with Crippen LogP contribution >= 0.6 is 0 Å². The maximum Gasteiger partial charge on any atom is 0.306 e. The molecule has 0 aromatic carbocycles. The highest BCUT2D eigenvalue weighted by Gasteiger charge is 2.19. The Bertz CT molecular complexity index is 1840. The van der Waals surface area contributed by atoms with Crippen LogP contribution in [0.2, 0.25) is 0 Å². The summed E-state index contributed by atoms with van der Waals surface area (Å²) in [5.74, 6) is -0.978. The first-order valence-electron chi connectivity index (χ1n) is 34.0. The number of ether oxygens (including phenoxy) is 3. The first kappa shape index (κ1) is 78.0. The summed E-state index contributed by atoms with van der Waals surface area (Å²) in [6.07, 6.45) is 101. The van der Waals surface area contributed by atoms with Gasteiger partial charge >= 0.3 is 17.9 Å². The Hall–Kier alpha value is -4.97. The van der Waals surface area contributed by atoms with E-state index < -0.39 is 6.10 Å². The van der Waals surface area contributed by atoms with Gasteiger partial charge in [-0.1, -0.05) is 281 Å². The molecule has 1 atom stereocenters. The van der Waals surface area contributed by atoms with E-state index >= 15 is 0 Å². The van der Waals surface area contributed by atoms with Crippen molar-refractivity contribution in [2.24, 2.45) is 0 Å². The lowest BCUT2D eigenvalue weighted by atomic mass is 10.1. The topological polar surface area (TPSA) is 78.9 Å². The minimum Gasteiger partial charge on any atom is -0.462 e. The lowest BCUT2D eigenvalue weighted by Gasteiger charge is -2.18. The Labute approximate surface area is 511 Å². The van der Waals surface area contributed by atoms with E-state index in [1.807, 2.05) is 0 Å². The van der Waals surface area contributed by atoms with Gasteiger partial charge < -0.3 is 14.2 Å². The summed E-state index contributed by atoms with van der Waals surface area (Å²) in [6, 6.07) is 0. The summed E-state index contributed by atoms with van der Waals surface area (Å²) < 4.78 is 16.9. The minimum absolute atomic E-state index is 0.111. The predicted molar refractivity (Wildman–Crippen MR) is 362 cm³/mol. The van der Waals surface area contributed by atoms with E-state index in [-0.39, 0.29) is 31.1 Å². The molecule has 0 aromatic rings. The third kappa shape index (κ3) is 67.7. The minimum atomic E-state index is -0.817. The van der Waals surface area contributed by atoms with Crippen LogP contribution in [0.4, 0.5) is 0 Å². The number of allylic oxidation sites excluding steroid dienone is 26. The molecule has 6 heteroatoms. The van der Waals surface area contributed by atoms with Gasteiger partial charge in [0.15, 0.2) is 6.10 Å². The largest absolute Gasteiger partial charge is 0.462 e. The van der Waals surface area contributed by atoms with Gasteiger partial charge in [0.05, 0.1) is 0 Å². The van der Waals surface area contributed by atoms with E-state index in [1.165, 1.54) is 103 Å². The Morgan fingerprint density at radius 3 is 0.771 bits per heavy atom. The zero-order chi connectivity index (χ0) is 59.9. The third-order valence-electron chi connectivity index (χ3n) is 14.0. The molecule has 0 rings (SSSR count). The lowest BCUT2D eigenvalue weighted by molar-refractivity contribution is -0.167. The summed E-state index contributed by atoms with van der Waals surface area (Å²) in [7, 11) is 0. The van der Waals surface area contributed by atoms with Crippen molar-refractivity contribution in [1.82, 2.24) is 0 Å². The molecule has 0 bridgehead atoms. The Balaban J connectivity index is 4.51. The van der Waals surface area contributed by atoms with E-state index in [0.29, 0.717) is 25.7 Å². The van der Waals surface area contributed by atoms with Crippen molar-refractivity contribution in [1.29, 1.82) is 0 Å². The maximum absolute atomic E-state index is 13.0. The van der Waals surface area contributed by atoms with Crippen LogP contribution in [-0.4, -0.2) is 37.2 Å². The molecule has 0 spiro atoms. The SMILES string of the molecule is CC/C=C\C/C=C\C/C=C\C/C=C\C/C=C\C/C=C\C/C=C\C/C=C\CCCCC(=O)OCC(COC(=O)CCCCCC/C=C\C/C=C\C/C=C\C/C=C\CC)OC(=O)CCCCCCCCCCC/C=C\CCCCCCCCCC. The molecule has 6 nitrogen and oxygen atoms in total. The van der Waals surface area contributed by atoms with Gasteiger partial charge in [-0.2, -0.15) is 0 Å². The van der Waals surface area contributed by atoms with Crippen LogP contribution in [0.25, 0.3) is 0 Å². The zero-order valence-electron chi connectivity index (χ0n) is 53.7. The van der Waals surface area contributed by atoms with E-state index in [9.17, 15) is 14.4 Å². The highest BCUT2D eigenvalue weighted by Crippen LogP contribution is 2.15.